The summed E-state index contributed by atoms with van der Waals surface area (Å²) in [5.41, 5.74) is 4.79. The van der Waals surface area contributed by atoms with Gasteiger partial charge in [-0.25, -0.2) is 0 Å². The second-order valence-corrected chi connectivity index (χ2v) is 4.59. The molecule has 0 spiro atoms. The van der Waals surface area contributed by atoms with E-state index in [1.54, 1.807) is 29.7 Å². The lowest BCUT2D eigenvalue weighted by atomic mass is 10.3. The van der Waals surface area contributed by atoms with Gasteiger partial charge >= 0.3 is 0 Å². The van der Waals surface area contributed by atoms with Gasteiger partial charge in [0.15, 0.2) is 0 Å². The average Bonchev–Trinajstić information content (AvgIpc) is 2.76. The highest BCUT2D eigenvalue weighted by atomic mass is 32.1. The van der Waals surface area contributed by atoms with Crippen molar-refractivity contribution in [2.24, 2.45) is 5.10 Å². The Hall–Kier alpha value is -2.21. The maximum Gasteiger partial charge on any atom is 0.269 e. The first-order valence-corrected chi connectivity index (χ1v) is 6.12. The van der Waals surface area contributed by atoms with Crippen molar-refractivity contribution in [3.8, 4) is 0 Å². The zero-order chi connectivity index (χ0) is 13.0. The summed E-state index contributed by atoms with van der Waals surface area (Å²) < 4.78 is 0. The number of rotatable bonds is 4. The summed E-state index contributed by atoms with van der Waals surface area (Å²) in [5.74, 6) is 0. The number of hydrogen-bond donors (Lipinski definition) is 1. The number of benzene rings is 1. The lowest BCUT2D eigenvalue weighted by Gasteiger charge is -1.98. The molecule has 0 aliphatic rings. The van der Waals surface area contributed by atoms with Gasteiger partial charge in [-0.1, -0.05) is 0 Å². The van der Waals surface area contributed by atoms with Gasteiger partial charge in [-0.2, -0.15) is 5.10 Å². The van der Waals surface area contributed by atoms with Crippen LogP contribution in [0.5, 0.6) is 0 Å². The van der Waals surface area contributed by atoms with Crippen LogP contribution in [0.1, 0.15) is 10.4 Å². The molecule has 0 amide bonds. The number of nitrogens with zero attached hydrogens (tertiary/aromatic N) is 2. The number of thiophene rings is 1. The summed E-state index contributed by atoms with van der Waals surface area (Å²) in [4.78, 5) is 11.1. The second kappa shape index (κ2) is 5.42. The standard InChI is InChI=1S/C12H11N3O2S/c1-9-6-7-18-12(9)8-13-14-10-2-4-11(5-3-10)15(16)17/h2-8,14H,1H3. The van der Waals surface area contributed by atoms with E-state index in [1.807, 2.05) is 18.4 Å². The van der Waals surface area contributed by atoms with Crippen molar-refractivity contribution in [2.45, 2.75) is 6.92 Å². The zero-order valence-corrected chi connectivity index (χ0v) is 10.5. The molecule has 0 aliphatic carbocycles. The van der Waals surface area contributed by atoms with Gasteiger partial charge in [0.25, 0.3) is 5.69 Å². The number of nitro groups is 1. The van der Waals surface area contributed by atoms with Gasteiger partial charge < -0.3 is 0 Å². The van der Waals surface area contributed by atoms with Crippen molar-refractivity contribution in [1.29, 1.82) is 0 Å². The molecule has 6 heteroatoms. The fourth-order valence-electron chi connectivity index (χ4n) is 1.34. The Bertz CT molecular complexity index is 575. The Morgan fingerprint density at radius 1 is 1.33 bits per heavy atom. The van der Waals surface area contributed by atoms with Crippen LogP contribution in [0.3, 0.4) is 0 Å². The van der Waals surface area contributed by atoms with Crippen molar-refractivity contribution in [2.75, 3.05) is 5.43 Å². The van der Waals surface area contributed by atoms with Gasteiger partial charge in [0, 0.05) is 17.0 Å². The number of anilines is 1. The minimum Gasteiger partial charge on any atom is -0.278 e. The third-order valence-electron chi connectivity index (χ3n) is 2.36. The molecule has 0 bridgehead atoms. The number of non-ortho nitro benzene ring substituents is 1. The number of hydrogen-bond acceptors (Lipinski definition) is 5. The van der Waals surface area contributed by atoms with Crippen molar-refractivity contribution in [3.63, 3.8) is 0 Å². The summed E-state index contributed by atoms with van der Waals surface area (Å²) in [6.07, 6.45) is 1.74. The molecule has 0 saturated carbocycles. The third-order valence-corrected chi connectivity index (χ3v) is 3.31. The van der Waals surface area contributed by atoms with E-state index in [9.17, 15) is 10.1 Å². The van der Waals surface area contributed by atoms with Crippen LogP contribution in [0, 0.1) is 17.0 Å². The van der Waals surface area contributed by atoms with E-state index in [0.29, 0.717) is 5.69 Å². The molecule has 92 valence electrons. The minimum absolute atomic E-state index is 0.0682. The maximum atomic E-state index is 10.5. The minimum atomic E-state index is -0.429. The molecule has 18 heavy (non-hydrogen) atoms. The highest BCUT2D eigenvalue weighted by molar-refractivity contribution is 7.11. The molecule has 0 saturated heterocycles. The molecule has 5 nitrogen and oxygen atoms in total. The normalized spacial score (nSPS) is 10.7. The monoisotopic (exact) mass is 261 g/mol. The molecule has 0 atom stereocenters. The third kappa shape index (κ3) is 2.92. The first kappa shape index (κ1) is 12.3. The average molecular weight is 261 g/mol. The van der Waals surface area contributed by atoms with E-state index in [1.165, 1.54) is 17.7 Å². The molecule has 1 heterocycles. The van der Waals surface area contributed by atoms with E-state index in [0.717, 1.165) is 4.88 Å². The zero-order valence-electron chi connectivity index (χ0n) is 9.66. The number of aryl methyl sites for hydroxylation is 1. The molecule has 0 fully saturated rings. The summed E-state index contributed by atoms with van der Waals surface area (Å²) in [6, 6.07) is 8.15. The van der Waals surface area contributed by atoms with Gasteiger partial charge in [-0.15, -0.1) is 11.3 Å². The second-order valence-electron chi connectivity index (χ2n) is 3.64. The number of nitro benzene ring substituents is 1. The Labute approximate surface area is 108 Å². The van der Waals surface area contributed by atoms with Gasteiger partial charge in [0.05, 0.1) is 16.8 Å². The molecule has 1 N–H and O–H groups in total. The van der Waals surface area contributed by atoms with Crippen LogP contribution in [-0.4, -0.2) is 11.1 Å². The van der Waals surface area contributed by atoms with Crippen LogP contribution in [0.25, 0.3) is 0 Å². The lowest BCUT2D eigenvalue weighted by Crippen LogP contribution is -1.91. The largest absolute Gasteiger partial charge is 0.278 e. The summed E-state index contributed by atoms with van der Waals surface area (Å²) in [5, 5.41) is 16.6. The molecular formula is C12H11N3O2S. The maximum absolute atomic E-state index is 10.5. The Morgan fingerprint density at radius 2 is 2.06 bits per heavy atom. The Kier molecular flexibility index (Phi) is 3.69. The Morgan fingerprint density at radius 3 is 2.61 bits per heavy atom. The van der Waals surface area contributed by atoms with E-state index >= 15 is 0 Å². The summed E-state index contributed by atoms with van der Waals surface area (Å²) in [7, 11) is 0. The molecule has 0 unspecified atom stereocenters. The first-order valence-electron chi connectivity index (χ1n) is 5.24. The molecule has 2 rings (SSSR count). The highest BCUT2D eigenvalue weighted by Gasteiger charge is 2.02. The fraction of sp³-hybridized carbons (Fsp3) is 0.0833. The van der Waals surface area contributed by atoms with Crippen LogP contribution in [0.2, 0.25) is 0 Å². The molecular weight excluding hydrogens is 250 g/mol. The number of hydrazone groups is 1. The number of nitrogens with one attached hydrogen (secondary N) is 1. The van der Waals surface area contributed by atoms with E-state index in [-0.39, 0.29) is 5.69 Å². The van der Waals surface area contributed by atoms with Crippen molar-refractivity contribution < 1.29 is 4.92 Å². The SMILES string of the molecule is Cc1ccsc1C=NNc1ccc([N+](=O)[O-])cc1. The lowest BCUT2D eigenvalue weighted by molar-refractivity contribution is -0.384. The first-order chi connectivity index (χ1) is 8.66. The van der Waals surface area contributed by atoms with E-state index in [4.69, 9.17) is 0 Å². The van der Waals surface area contributed by atoms with Crippen LogP contribution in [0.4, 0.5) is 11.4 Å². The van der Waals surface area contributed by atoms with Gasteiger partial charge in [0.2, 0.25) is 0 Å². The topological polar surface area (TPSA) is 67.5 Å². The van der Waals surface area contributed by atoms with Crippen LogP contribution >= 0.6 is 11.3 Å². The van der Waals surface area contributed by atoms with Crippen molar-refractivity contribution >= 4 is 28.9 Å². The van der Waals surface area contributed by atoms with Crippen LogP contribution in [-0.2, 0) is 0 Å². The fourth-order valence-corrected chi connectivity index (χ4v) is 2.13. The Balaban J connectivity index is 2.00. The molecule has 1 aromatic carbocycles. The molecule has 1 aromatic heterocycles. The van der Waals surface area contributed by atoms with Crippen LogP contribution < -0.4 is 5.43 Å². The van der Waals surface area contributed by atoms with E-state index < -0.39 is 4.92 Å². The van der Waals surface area contributed by atoms with E-state index in [2.05, 4.69) is 10.5 Å². The smallest absolute Gasteiger partial charge is 0.269 e. The molecule has 2 aromatic rings. The van der Waals surface area contributed by atoms with Crippen molar-refractivity contribution in [1.82, 2.24) is 0 Å². The molecule has 0 radical (unpaired) electrons. The van der Waals surface area contributed by atoms with Crippen molar-refractivity contribution in [3.05, 3.63) is 56.3 Å². The quantitative estimate of drug-likeness (QED) is 0.521. The molecule has 0 aliphatic heterocycles. The van der Waals surface area contributed by atoms with Crippen LogP contribution in [0.15, 0.2) is 40.8 Å². The van der Waals surface area contributed by atoms with Gasteiger partial charge in [-0.05, 0) is 36.1 Å². The van der Waals surface area contributed by atoms with Gasteiger partial charge in [-0.3, -0.25) is 15.5 Å². The van der Waals surface area contributed by atoms with Gasteiger partial charge in [0.1, 0.15) is 0 Å². The summed E-state index contributed by atoms with van der Waals surface area (Å²) in [6.45, 7) is 2.02. The predicted octanol–water partition coefficient (Wildman–Crippen LogP) is 3.41. The predicted molar refractivity (Wildman–Crippen MR) is 73.4 cm³/mol. The highest BCUT2D eigenvalue weighted by Crippen LogP contribution is 2.16. The summed E-state index contributed by atoms with van der Waals surface area (Å²) >= 11 is 1.61.